The van der Waals surface area contributed by atoms with E-state index in [0.717, 1.165) is 16.7 Å². The maximum absolute atomic E-state index is 11.5. The zero-order chi connectivity index (χ0) is 15.1. The number of hydrogen-bond acceptors (Lipinski definition) is 4. The molecule has 7 heteroatoms. The summed E-state index contributed by atoms with van der Waals surface area (Å²) >= 11 is 0. The van der Waals surface area contributed by atoms with Gasteiger partial charge in [0.1, 0.15) is 0 Å². The summed E-state index contributed by atoms with van der Waals surface area (Å²) in [5, 5.41) is 9.61. The Bertz CT molecular complexity index is 597. The fraction of sp³-hybridized carbons (Fsp3) is 0.357. The molecule has 0 atom stereocenters. The zero-order valence-electron chi connectivity index (χ0n) is 12.2. The number of carbonyl (C=O) groups excluding carboxylic acids is 1. The van der Waals surface area contributed by atoms with Gasteiger partial charge in [-0.1, -0.05) is 0 Å². The first-order valence-corrected chi connectivity index (χ1v) is 6.62. The first kappa shape index (κ1) is 15.0. The van der Waals surface area contributed by atoms with E-state index in [-0.39, 0.29) is 6.03 Å². The Morgan fingerprint density at radius 2 is 2.14 bits per heavy atom. The Hall–Kier alpha value is -2.41. The van der Waals surface area contributed by atoms with E-state index >= 15 is 0 Å². The molecule has 0 bridgehead atoms. The van der Waals surface area contributed by atoms with Gasteiger partial charge in [0, 0.05) is 57.0 Å². The minimum absolute atomic E-state index is 0.223. The minimum Gasteiger partial charge on any atom is -0.383 e. The lowest BCUT2D eigenvalue weighted by atomic mass is 10.1. The zero-order valence-corrected chi connectivity index (χ0v) is 12.2. The van der Waals surface area contributed by atoms with E-state index in [1.165, 1.54) is 0 Å². The monoisotopic (exact) mass is 289 g/mol. The van der Waals surface area contributed by atoms with Crippen LogP contribution in [-0.2, 0) is 18.3 Å². The lowest BCUT2D eigenvalue weighted by molar-refractivity contribution is 0.196. The van der Waals surface area contributed by atoms with Crippen LogP contribution in [0.15, 0.2) is 30.9 Å². The lowest BCUT2D eigenvalue weighted by Gasteiger charge is -2.07. The lowest BCUT2D eigenvalue weighted by Crippen LogP contribution is -2.36. The molecule has 0 aliphatic heterocycles. The Kier molecular flexibility index (Phi) is 5.28. The Labute approximate surface area is 123 Å². The molecule has 0 radical (unpaired) electrons. The number of aromatic nitrogens is 3. The maximum Gasteiger partial charge on any atom is 0.315 e. The number of rotatable bonds is 6. The number of urea groups is 1. The summed E-state index contributed by atoms with van der Waals surface area (Å²) in [6.45, 7) is 1.39. The van der Waals surface area contributed by atoms with Gasteiger partial charge in [0.05, 0.1) is 12.8 Å². The van der Waals surface area contributed by atoms with Gasteiger partial charge in [0.2, 0.25) is 0 Å². The van der Waals surface area contributed by atoms with Crippen LogP contribution in [0.2, 0.25) is 0 Å². The predicted octanol–water partition coefficient (Wildman–Crippen LogP) is 0.928. The van der Waals surface area contributed by atoms with Gasteiger partial charge in [0.15, 0.2) is 0 Å². The van der Waals surface area contributed by atoms with Crippen molar-refractivity contribution < 1.29 is 9.53 Å². The molecule has 0 spiro atoms. The number of aryl methyl sites for hydroxylation is 1. The third-order valence-corrected chi connectivity index (χ3v) is 2.88. The first-order valence-electron chi connectivity index (χ1n) is 6.62. The smallest absolute Gasteiger partial charge is 0.315 e. The Morgan fingerprint density at radius 3 is 2.86 bits per heavy atom. The van der Waals surface area contributed by atoms with Gasteiger partial charge in [-0.05, 0) is 11.6 Å². The quantitative estimate of drug-likeness (QED) is 0.775. The highest BCUT2D eigenvalue weighted by atomic mass is 16.5. The normalized spacial score (nSPS) is 10.4. The van der Waals surface area contributed by atoms with Crippen molar-refractivity contribution in [2.24, 2.45) is 7.05 Å². The van der Waals surface area contributed by atoms with E-state index in [4.69, 9.17) is 4.74 Å². The summed E-state index contributed by atoms with van der Waals surface area (Å²) in [4.78, 5) is 15.7. The molecule has 0 aromatic carbocycles. The third-order valence-electron chi connectivity index (χ3n) is 2.88. The van der Waals surface area contributed by atoms with Gasteiger partial charge >= 0.3 is 6.03 Å². The highest BCUT2D eigenvalue weighted by molar-refractivity contribution is 5.73. The molecule has 2 heterocycles. The number of methoxy groups -OCH3 is 1. The second-order valence-electron chi connectivity index (χ2n) is 4.59. The molecule has 0 unspecified atom stereocenters. The van der Waals surface area contributed by atoms with E-state index in [2.05, 4.69) is 20.7 Å². The molecule has 2 aromatic rings. The molecule has 7 nitrogen and oxygen atoms in total. The average Bonchev–Trinajstić information content (AvgIpc) is 2.92. The van der Waals surface area contributed by atoms with Crippen molar-refractivity contribution in [1.82, 2.24) is 25.4 Å². The third kappa shape index (κ3) is 4.57. The van der Waals surface area contributed by atoms with Gasteiger partial charge in [-0.15, -0.1) is 0 Å². The van der Waals surface area contributed by atoms with Gasteiger partial charge in [-0.2, -0.15) is 5.10 Å². The number of pyridine rings is 1. The number of carbonyl (C=O) groups is 1. The molecule has 0 saturated heterocycles. The molecular weight excluding hydrogens is 270 g/mol. The van der Waals surface area contributed by atoms with Crippen LogP contribution in [0, 0.1) is 0 Å². The van der Waals surface area contributed by atoms with E-state index in [1.54, 1.807) is 30.4 Å². The van der Waals surface area contributed by atoms with Crippen molar-refractivity contribution >= 4 is 6.03 Å². The molecule has 2 rings (SSSR count). The van der Waals surface area contributed by atoms with Crippen LogP contribution in [0.3, 0.4) is 0 Å². The van der Waals surface area contributed by atoms with Crippen LogP contribution in [0.4, 0.5) is 4.79 Å². The summed E-state index contributed by atoms with van der Waals surface area (Å²) in [5.74, 6) is 0. The van der Waals surface area contributed by atoms with Gasteiger partial charge in [0.25, 0.3) is 0 Å². The highest BCUT2D eigenvalue weighted by Gasteiger charge is 2.04. The van der Waals surface area contributed by atoms with Gasteiger partial charge < -0.3 is 15.4 Å². The van der Waals surface area contributed by atoms with E-state index in [9.17, 15) is 4.79 Å². The number of nitrogens with zero attached hydrogens (tertiary/aromatic N) is 3. The molecule has 0 aliphatic rings. The van der Waals surface area contributed by atoms with Crippen molar-refractivity contribution in [3.63, 3.8) is 0 Å². The van der Waals surface area contributed by atoms with Crippen molar-refractivity contribution in [3.8, 4) is 11.1 Å². The summed E-state index contributed by atoms with van der Waals surface area (Å²) in [5.41, 5.74) is 2.90. The summed E-state index contributed by atoms with van der Waals surface area (Å²) in [6, 6.07) is 1.76. The van der Waals surface area contributed by atoms with Crippen LogP contribution in [0.5, 0.6) is 0 Å². The highest BCUT2D eigenvalue weighted by Crippen LogP contribution is 2.18. The summed E-state index contributed by atoms with van der Waals surface area (Å²) in [6.07, 6.45) is 7.21. The standard InChI is InChI=1S/C14H19N5O2/c1-19-10-13(9-18-19)12-5-11(6-15-8-12)7-17-14(20)16-3-4-21-2/h5-6,8-10H,3-4,7H2,1-2H3,(H2,16,17,20). The molecule has 2 N–H and O–H groups in total. The van der Waals surface area contributed by atoms with Crippen LogP contribution < -0.4 is 10.6 Å². The Balaban J connectivity index is 1.91. The minimum atomic E-state index is -0.223. The van der Waals surface area contributed by atoms with E-state index < -0.39 is 0 Å². The largest absolute Gasteiger partial charge is 0.383 e. The summed E-state index contributed by atoms with van der Waals surface area (Å²) in [7, 11) is 3.46. The predicted molar refractivity (Wildman–Crippen MR) is 78.6 cm³/mol. The molecular formula is C14H19N5O2. The van der Waals surface area contributed by atoms with E-state index in [0.29, 0.717) is 19.7 Å². The molecule has 0 fully saturated rings. The van der Waals surface area contributed by atoms with Gasteiger partial charge in [-0.3, -0.25) is 9.67 Å². The van der Waals surface area contributed by atoms with Crippen LogP contribution in [0.1, 0.15) is 5.56 Å². The molecule has 0 aliphatic carbocycles. The van der Waals surface area contributed by atoms with Crippen molar-refractivity contribution in [2.45, 2.75) is 6.54 Å². The fourth-order valence-electron chi connectivity index (χ4n) is 1.82. The van der Waals surface area contributed by atoms with Crippen LogP contribution in [-0.4, -0.2) is 41.1 Å². The SMILES string of the molecule is COCCNC(=O)NCc1cncc(-c2cnn(C)c2)c1. The number of nitrogens with one attached hydrogen (secondary N) is 2. The second kappa shape index (κ2) is 7.39. The molecule has 2 aromatic heterocycles. The molecule has 0 saturated carbocycles. The average molecular weight is 289 g/mol. The molecule has 21 heavy (non-hydrogen) atoms. The second-order valence-corrected chi connectivity index (χ2v) is 4.59. The Morgan fingerprint density at radius 1 is 1.29 bits per heavy atom. The molecule has 2 amide bonds. The summed E-state index contributed by atoms with van der Waals surface area (Å²) < 4.78 is 6.60. The van der Waals surface area contributed by atoms with Crippen LogP contribution >= 0.6 is 0 Å². The fourth-order valence-corrected chi connectivity index (χ4v) is 1.82. The maximum atomic E-state index is 11.5. The van der Waals surface area contributed by atoms with Crippen LogP contribution in [0.25, 0.3) is 11.1 Å². The number of hydrogen-bond donors (Lipinski definition) is 2. The number of amides is 2. The van der Waals surface area contributed by atoms with Crippen molar-refractivity contribution in [3.05, 3.63) is 36.4 Å². The van der Waals surface area contributed by atoms with Crippen molar-refractivity contribution in [1.29, 1.82) is 0 Å². The van der Waals surface area contributed by atoms with Crippen molar-refractivity contribution in [2.75, 3.05) is 20.3 Å². The first-order chi connectivity index (χ1) is 10.2. The molecule has 112 valence electrons. The topological polar surface area (TPSA) is 81.1 Å². The van der Waals surface area contributed by atoms with Gasteiger partial charge in [-0.25, -0.2) is 4.79 Å². The number of ether oxygens (including phenoxy) is 1. The van der Waals surface area contributed by atoms with E-state index in [1.807, 2.05) is 19.3 Å².